The second-order valence-electron chi connectivity index (χ2n) is 9.42. The van der Waals surface area contributed by atoms with Gasteiger partial charge >= 0.3 is 5.97 Å². The monoisotopic (exact) mass is 500 g/mol. The summed E-state index contributed by atoms with van der Waals surface area (Å²) < 4.78 is 16.4. The molecule has 1 unspecified atom stereocenters. The Balaban J connectivity index is 1.58. The lowest BCUT2D eigenvalue weighted by Crippen LogP contribution is -2.45. The zero-order chi connectivity index (χ0) is 25.5. The number of amides is 1. The molecular weight excluding hydrogens is 464 g/mol. The van der Waals surface area contributed by atoms with Crippen LogP contribution >= 0.6 is 0 Å². The van der Waals surface area contributed by atoms with E-state index in [2.05, 4.69) is 11.9 Å². The molecule has 1 aromatic heterocycles. The number of unbranched alkanes of at least 4 members (excludes halogenated alkanes) is 1. The zero-order valence-corrected chi connectivity index (χ0v) is 20.8. The fraction of sp³-hybridized carbons (Fsp3) is 0.577. The first-order valence-electron chi connectivity index (χ1n) is 12.7. The second kappa shape index (κ2) is 12.2. The lowest BCUT2D eigenvalue weighted by atomic mass is 9.83. The van der Waals surface area contributed by atoms with Gasteiger partial charge in [0.15, 0.2) is 17.4 Å². The van der Waals surface area contributed by atoms with E-state index in [-0.39, 0.29) is 31.2 Å². The zero-order valence-electron chi connectivity index (χ0n) is 20.8. The van der Waals surface area contributed by atoms with E-state index in [1.165, 1.54) is 6.26 Å². The molecule has 3 N–H and O–H groups in total. The Hall–Kier alpha value is -3.11. The molecule has 10 nitrogen and oxygen atoms in total. The number of hydrogen-bond acceptors (Lipinski definition) is 8. The number of oxazole rings is 1. The van der Waals surface area contributed by atoms with Crippen LogP contribution in [0.25, 0.3) is 0 Å². The van der Waals surface area contributed by atoms with Crippen LogP contribution in [0.2, 0.25) is 0 Å². The lowest BCUT2D eigenvalue weighted by Gasteiger charge is -2.29. The predicted molar refractivity (Wildman–Crippen MR) is 132 cm³/mol. The number of carboxylic acids is 1. The van der Waals surface area contributed by atoms with Crippen molar-refractivity contribution in [2.45, 2.75) is 51.0 Å². The van der Waals surface area contributed by atoms with Gasteiger partial charge in [0, 0.05) is 38.0 Å². The van der Waals surface area contributed by atoms with Crippen molar-refractivity contribution in [3.8, 4) is 11.5 Å². The molecule has 196 valence electrons. The molecular formula is C26H36N4O6. The molecule has 3 atom stereocenters. The van der Waals surface area contributed by atoms with Crippen LogP contribution < -0.4 is 15.2 Å². The number of fused-ring (bicyclic) bond motifs is 1. The van der Waals surface area contributed by atoms with Crippen LogP contribution in [0.15, 0.2) is 35.1 Å². The maximum absolute atomic E-state index is 13.4. The first-order chi connectivity index (χ1) is 17.5. The number of aliphatic carboxylic acids is 1. The van der Waals surface area contributed by atoms with E-state index in [1.807, 2.05) is 28.0 Å². The number of carboxylic acid groups (broad SMARTS) is 1. The number of ether oxygens (including phenoxy) is 2. The highest BCUT2D eigenvalue weighted by Gasteiger charge is 2.47. The number of carbonyl (C=O) groups excluding carboxylic acids is 1. The molecule has 1 fully saturated rings. The standard InChI is InChI=1S/C26H36N4O6/c1-2-3-11-29(12-4-9-27)24(31)16-30-15-19(18-5-7-21-22(14-18)36-17-35-21)25(26(32)33)20(30)6-8-23-28-10-13-34-23/h5,7,10,13-14,19-20,25H,2-4,6,8-9,11-12,15-17,27H2,1H3,(H,32,33)/t19-,20+,25?/m1/s1. The highest BCUT2D eigenvalue weighted by molar-refractivity contribution is 5.79. The number of benzene rings is 1. The van der Waals surface area contributed by atoms with Gasteiger partial charge in [-0.1, -0.05) is 19.4 Å². The Morgan fingerprint density at radius 1 is 1.22 bits per heavy atom. The van der Waals surface area contributed by atoms with Crippen molar-refractivity contribution >= 4 is 11.9 Å². The normalized spacial score (nSPS) is 21.1. The molecule has 2 aliphatic rings. The molecule has 36 heavy (non-hydrogen) atoms. The number of nitrogens with zero attached hydrogens (tertiary/aromatic N) is 3. The summed E-state index contributed by atoms with van der Waals surface area (Å²) in [6, 6.07) is 5.25. The first kappa shape index (κ1) is 26.0. The van der Waals surface area contributed by atoms with E-state index in [0.717, 1.165) is 24.8 Å². The number of likely N-dealkylation sites (tertiary alicyclic amines) is 1. The fourth-order valence-electron chi connectivity index (χ4n) is 5.25. The van der Waals surface area contributed by atoms with Crippen LogP contribution in [0.4, 0.5) is 0 Å². The maximum Gasteiger partial charge on any atom is 0.308 e. The van der Waals surface area contributed by atoms with E-state index in [4.69, 9.17) is 19.6 Å². The third-order valence-corrected chi connectivity index (χ3v) is 7.10. The third-order valence-electron chi connectivity index (χ3n) is 7.10. The molecule has 1 aromatic carbocycles. The summed E-state index contributed by atoms with van der Waals surface area (Å²) in [5.41, 5.74) is 6.57. The fourth-order valence-corrected chi connectivity index (χ4v) is 5.25. The first-order valence-corrected chi connectivity index (χ1v) is 12.7. The van der Waals surface area contributed by atoms with Crippen molar-refractivity contribution in [1.82, 2.24) is 14.8 Å². The number of rotatable bonds is 13. The van der Waals surface area contributed by atoms with Crippen LogP contribution in [0.5, 0.6) is 11.5 Å². The number of hydrogen-bond donors (Lipinski definition) is 2. The quantitative estimate of drug-likeness (QED) is 0.426. The minimum atomic E-state index is -0.879. The molecule has 0 radical (unpaired) electrons. The SMILES string of the molecule is CCCCN(CCCN)C(=O)CN1C[C@H](c2ccc3c(c2)OCO3)C(C(=O)O)[C@@H]1CCc1ncco1. The summed E-state index contributed by atoms with van der Waals surface area (Å²) in [6.45, 7) is 4.67. The van der Waals surface area contributed by atoms with Crippen molar-refractivity contribution in [3.63, 3.8) is 0 Å². The number of nitrogens with two attached hydrogens (primary N) is 1. The Kier molecular flexibility index (Phi) is 8.82. The molecule has 0 spiro atoms. The van der Waals surface area contributed by atoms with Crippen LogP contribution in [-0.2, 0) is 16.0 Å². The van der Waals surface area contributed by atoms with Crippen LogP contribution in [0, 0.1) is 5.92 Å². The van der Waals surface area contributed by atoms with Gasteiger partial charge in [-0.2, -0.15) is 0 Å². The van der Waals surface area contributed by atoms with E-state index < -0.39 is 11.9 Å². The van der Waals surface area contributed by atoms with E-state index in [0.29, 0.717) is 56.4 Å². The van der Waals surface area contributed by atoms with Gasteiger partial charge in [0.2, 0.25) is 12.7 Å². The number of aryl methyl sites for hydroxylation is 1. The smallest absolute Gasteiger partial charge is 0.308 e. The molecule has 2 aromatic rings. The van der Waals surface area contributed by atoms with E-state index >= 15 is 0 Å². The summed E-state index contributed by atoms with van der Waals surface area (Å²) in [4.78, 5) is 34.1. The molecule has 10 heteroatoms. The Morgan fingerprint density at radius 2 is 2.03 bits per heavy atom. The topological polar surface area (TPSA) is 131 Å². The van der Waals surface area contributed by atoms with Crippen molar-refractivity contribution < 1.29 is 28.6 Å². The average Bonchev–Trinajstić information content (AvgIpc) is 3.62. The summed E-state index contributed by atoms with van der Waals surface area (Å²) >= 11 is 0. The van der Waals surface area contributed by atoms with Crippen molar-refractivity contribution in [3.05, 3.63) is 42.1 Å². The Labute approximate surface area is 211 Å². The second-order valence-corrected chi connectivity index (χ2v) is 9.42. The van der Waals surface area contributed by atoms with Gasteiger partial charge in [0.05, 0.1) is 18.7 Å². The van der Waals surface area contributed by atoms with Crippen molar-refractivity contribution in [2.75, 3.05) is 39.5 Å². The molecule has 1 saturated heterocycles. The van der Waals surface area contributed by atoms with Gasteiger partial charge in [-0.25, -0.2) is 4.98 Å². The Morgan fingerprint density at radius 3 is 2.75 bits per heavy atom. The highest BCUT2D eigenvalue weighted by atomic mass is 16.7. The maximum atomic E-state index is 13.4. The average molecular weight is 501 g/mol. The molecule has 1 amide bonds. The third kappa shape index (κ3) is 5.99. The van der Waals surface area contributed by atoms with Gasteiger partial charge in [-0.05, 0) is 43.5 Å². The number of aromatic nitrogens is 1. The molecule has 4 rings (SSSR count). The van der Waals surface area contributed by atoms with Crippen molar-refractivity contribution in [1.29, 1.82) is 0 Å². The Bertz CT molecular complexity index is 1010. The molecule has 0 bridgehead atoms. The molecule has 2 aliphatic heterocycles. The van der Waals surface area contributed by atoms with Crippen molar-refractivity contribution in [2.24, 2.45) is 11.7 Å². The van der Waals surface area contributed by atoms with E-state index in [1.54, 1.807) is 6.20 Å². The minimum absolute atomic E-state index is 0.00787. The summed E-state index contributed by atoms with van der Waals surface area (Å²) in [6.07, 6.45) is 6.75. The summed E-state index contributed by atoms with van der Waals surface area (Å²) in [7, 11) is 0. The molecule has 3 heterocycles. The largest absolute Gasteiger partial charge is 0.481 e. The number of carbonyl (C=O) groups is 2. The summed E-state index contributed by atoms with van der Waals surface area (Å²) in [5, 5.41) is 10.3. The predicted octanol–water partition coefficient (Wildman–Crippen LogP) is 2.48. The van der Waals surface area contributed by atoms with Gasteiger partial charge in [0.25, 0.3) is 0 Å². The molecule has 0 aliphatic carbocycles. The van der Waals surface area contributed by atoms with E-state index in [9.17, 15) is 14.7 Å². The minimum Gasteiger partial charge on any atom is -0.481 e. The van der Waals surface area contributed by atoms with Crippen LogP contribution in [0.1, 0.15) is 50.0 Å². The highest BCUT2D eigenvalue weighted by Crippen LogP contribution is 2.43. The van der Waals surface area contributed by atoms with Gasteiger partial charge in [-0.3, -0.25) is 14.5 Å². The van der Waals surface area contributed by atoms with Gasteiger partial charge in [-0.15, -0.1) is 0 Å². The van der Waals surface area contributed by atoms with Crippen LogP contribution in [0.3, 0.4) is 0 Å². The lowest BCUT2D eigenvalue weighted by molar-refractivity contribution is -0.143. The summed E-state index contributed by atoms with van der Waals surface area (Å²) in [5.74, 6) is -0.0275. The van der Waals surface area contributed by atoms with Crippen LogP contribution in [-0.4, -0.2) is 77.3 Å². The van der Waals surface area contributed by atoms with Gasteiger partial charge in [0.1, 0.15) is 6.26 Å². The molecule has 0 saturated carbocycles. The van der Waals surface area contributed by atoms with Gasteiger partial charge < -0.3 is 29.6 Å².